The minimum atomic E-state index is 0.298. The molecule has 4 heteroatoms. The molecule has 4 nitrogen and oxygen atoms in total. The molecule has 0 aromatic rings. The van der Waals surface area contributed by atoms with Crippen molar-refractivity contribution in [3.05, 3.63) is 0 Å². The third-order valence-corrected chi connectivity index (χ3v) is 2.94. The molecular formula is C11H25N3O. The van der Waals surface area contributed by atoms with Gasteiger partial charge in [0.05, 0.1) is 0 Å². The van der Waals surface area contributed by atoms with E-state index in [1.54, 1.807) is 0 Å². The predicted octanol–water partition coefficient (Wildman–Crippen LogP) is 1.78. The highest BCUT2D eigenvalue weighted by molar-refractivity contribution is 5.80. The number of nitrogens with one attached hydrogen (secondary N) is 1. The maximum Gasteiger partial charge on any atom is 0.140 e. The lowest BCUT2D eigenvalue weighted by atomic mass is 9.97. The Morgan fingerprint density at radius 3 is 2.40 bits per heavy atom. The molecule has 0 radical (unpaired) electrons. The van der Waals surface area contributed by atoms with Crippen LogP contribution in [-0.4, -0.2) is 23.6 Å². The van der Waals surface area contributed by atoms with E-state index in [2.05, 4.69) is 38.2 Å². The molecule has 0 saturated heterocycles. The van der Waals surface area contributed by atoms with Crippen molar-refractivity contribution in [1.82, 2.24) is 5.32 Å². The summed E-state index contributed by atoms with van der Waals surface area (Å²) < 4.78 is 0. The Bertz CT molecular complexity index is 192. The van der Waals surface area contributed by atoms with Crippen LogP contribution in [0.5, 0.6) is 0 Å². The average Bonchev–Trinajstić information content (AvgIpc) is 2.22. The second-order valence-corrected chi connectivity index (χ2v) is 4.53. The molecule has 0 spiro atoms. The maximum absolute atomic E-state index is 8.48. The molecule has 4 N–H and O–H groups in total. The first-order chi connectivity index (χ1) is 7.01. The molecule has 0 aliphatic carbocycles. The monoisotopic (exact) mass is 215 g/mol. The molecule has 2 atom stereocenters. The lowest BCUT2D eigenvalue weighted by molar-refractivity contribution is 0.314. The first-order valence-corrected chi connectivity index (χ1v) is 5.71. The van der Waals surface area contributed by atoms with Gasteiger partial charge in [-0.05, 0) is 24.8 Å². The molecule has 0 aromatic carbocycles. The molecule has 0 aliphatic heterocycles. The Morgan fingerprint density at radius 1 is 1.40 bits per heavy atom. The second-order valence-electron chi connectivity index (χ2n) is 4.53. The minimum Gasteiger partial charge on any atom is -0.409 e. The number of oxime groups is 1. The number of nitrogens with zero attached hydrogens (tertiary/aromatic N) is 1. The molecule has 2 unspecified atom stereocenters. The number of hydrogen-bond donors (Lipinski definition) is 3. The third-order valence-electron chi connectivity index (χ3n) is 2.94. The van der Waals surface area contributed by atoms with Gasteiger partial charge in [-0.1, -0.05) is 32.9 Å². The van der Waals surface area contributed by atoms with Crippen molar-refractivity contribution in [3.63, 3.8) is 0 Å². The molecule has 0 fully saturated rings. The van der Waals surface area contributed by atoms with E-state index < -0.39 is 0 Å². The van der Waals surface area contributed by atoms with E-state index in [1.807, 2.05) is 0 Å². The molecule has 0 amide bonds. The van der Waals surface area contributed by atoms with Gasteiger partial charge in [0.25, 0.3) is 0 Å². The van der Waals surface area contributed by atoms with Gasteiger partial charge in [-0.2, -0.15) is 0 Å². The van der Waals surface area contributed by atoms with Gasteiger partial charge in [-0.3, -0.25) is 0 Å². The molecule has 15 heavy (non-hydrogen) atoms. The quantitative estimate of drug-likeness (QED) is 0.262. The first-order valence-electron chi connectivity index (χ1n) is 5.71. The van der Waals surface area contributed by atoms with E-state index >= 15 is 0 Å². The summed E-state index contributed by atoms with van der Waals surface area (Å²) in [7, 11) is 0. The van der Waals surface area contributed by atoms with Crippen LogP contribution in [0.1, 0.15) is 40.5 Å². The smallest absolute Gasteiger partial charge is 0.140 e. The highest BCUT2D eigenvalue weighted by atomic mass is 16.4. The zero-order valence-electron chi connectivity index (χ0n) is 10.3. The Kier molecular flexibility index (Phi) is 7.13. The summed E-state index contributed by atoms with van der Waals surface area (Å²) in [6.45, 7) is 9.75. The fraction of sp³-hybridized carbons (Fsp3) is 0.909. The van der Waals surface area contributed by atoms with Crippen LogP contribution in [0, 0.1) is 11.8 Å². The average molecular weight is 215 g/mol. The topological polar surface area (TPSA) is 70.6 Å². The Labute approximate surface area is 92.9 Å². The van der Waals surface area contributed by atoms with Gasteiger partial charge in [-0.25, -0.2) is 0 Å². The van der Waals surface area contributed by atoms with E-state index in [0.29, 0.717) is 30.1 Å². The van der Waals surface area contributed by atoms with Crippen LogP contribution in [0.25, 0.3) is 0 Å². The molecule has 90 valence electrons. The lowest BCUT2D eigenvalue weighted by Crippen LogP contribution is -2.36. The van der Waals surface area contributed by atoms with Gasteiger partial charge < -0.3 is 16.3 Å². The number of nitrogens with two attached hydrogens (primary N) is 1. The van der Waals surface area contributed by atoms with Crippen molar-refractivity contribution in [2.75, 3.05) is 6.54 Å². The fourth-order valence-corrected chi connectivity index (χ4v) is 1.24. The van der Waals surface area contributed by atoms with Gasteiger partial charge in [0.2, 0.25) is 0 Å². The van der Waals surface area contributed by atoms with Crippen LogP contribution in [0.3, 0.4) is 0 Å². The Balaban J connectivity index is 3.90. The predicted molar refractivity (Wildman–Crippen MR) is 64.1 cm³/mol. The molecular weight excluding hydrogens is 190 g/mol. The van der Waals surface area contributed by atoms with Crippen LogP contribution in [0.2, 0.25) is 0 Å². The molecule has 0 saturated carbocycles. The van der Waals surface area contributed by atoms with E-state index in [9.17, 15) is 0 Å². The maximum atomic E-state index is 8.48. The van der Waals surface area contributed by atoms with Crippen LogP contribution in [0.4, 0.5) is 0 Å². The summed E-state index contributed by atoms with van der Waals surface area (Å²) in [5, 5.41) is 14.9. The van der Waals surface area contributed by atoms with Gasteiger partial charge in [-0.15, -0.1) is 0 Å². The fourth-order valence-electron chi connectivity index (χ4n) is 1.24. The van der Waals surface area contributed by atoms with Gasteiger partial charge in [0, 0.05) is 12.5 Å². The van der Waals surface area contributed by atoms with Gasteiger partial charge >= 0.3 is 0 Å². The Morgan fingerprint density at radius 2 is 2.00 bits per heavy atom. The highest BCUT2D eigenvalue weighted by Gasteiger charge is 2.12. The summed E-state index contributed by atoms with van der Waals surface area (Å²) >= 11 is 0. The number of rotatable bonds is 7. The summed E-state index contributed by atoms with van der Waals surface area (Å²) in [5.41, 5.74) is 5.48. The van der Waals surface area contributed by atoms with Gasteiger partial charge in [0.1, 0.15) is 5.84 Å². The van der Waals surface area contributed by atoms with Crippen molar-refractivity contribution in [1.29, 1.82) is 0 Å². The molecule has 0 rings (SSSR count). The summed E-state index contributed by atoms with van der Waals surface area (Å²) in [4.78, 5) is 0. The van der Waals surface area contributed by atoms with Crippen molar-refractivity contribution in [2.24, 2.45) is 22.7 Å². The Hall–Kier alpha value is -0.770. The molecule has 0 heterocycles. The summed E-state index contributed by atoms with van der Waals surface area (Å²) in [6, 6.07) is 0.307. The van der Waals surface area contributed by atoms with Crippen molar-refractivity contribution in [2.45, 2.75) is 46.6 Å². The van der Waals surface area contributed by atoms with Crippen molar-refractivity contribution < 1.29 is 5.21 Å². The summed E-state index contributed by atoms with van der Waals surface area (Å²) in [5.74, 6) is 1.62. The molecule has 0 aliphatic rings. The normalized spacial score (nSPS) is 16.7. The van der Waals surface area contributed by atoms with Crippen LogP contribution < -0.4 is 11.1 Å². The molecule has 0 aromatic heterocycles. The zero-order valence-corrected chi connectivity index (χ0v) is 10.3. The van der Waals surface area contributed by atoms with E-state index in [-0.39, 0.29) is 0 Å². The van der Waals surface area contributed by atoms with Crippen molar-refractivity contribution in [3.8, 4) is 0 Å². The van der Waals surface area contributed by atoms with E-state index in [4.69, 9.17) is 10.9 Å². The minimum absolute atomic E-state index is 0.298. The zero-order chi connectivity index (χ0) is 11.8. The lowest BCUT2D eigenvalue weighted by Gasteiger charge is -2.21. The highest BCUT2D eigenvalue weighted by Crippen LogP contribution is 2.09. The van der Waals surface area contributed by atoms with Crippen molar-refractivity contribution >= 4 is 5.84 Å². The number of amidine groups is 1. The SMILES string of the molecule is CCC(CC(N)=NO)NCC(C)C(C)C. The van der Waals surface area contributed by atoms with Crippen LogP contribution >= 0.6 is 0 Å². The molecule has 0 bridgehead atoms. The van der Waals surface area contributed by atoms with Crippen LogP contribution in [-0.2, 0) is 0 Å². The standard InChI is InChI=1S/C11H25N3O/c1-5-10(6-11(12)14-15)13-7-9(4)8(2)3/h8-10,13,15H,5-7H2,1-4H3,(H2,12,14). The van der Waals surface area contributed by atoms with Gasteiger partial charge in [0.15, 0.2) is 0 Å². The van der Waals surface area contributed by atoms with Crippen LogP contribution in [0.15, 0.2) is 5.16 Å². The van der Waals surface area contributed by atoms with E-state index in [1.165, 1.54) is 0 Å². The third kappa shape index (κ3) is 6.33. The second kappa shape index (κ2) is 7.51. The summed E-state index contributed by atoms with van der Waals surface area (Å²) in [6.07, 6.45) is 1.60. The largest absolute Gasteiger partial charge is 0.409 e. The number of hydrogen-bond acceptors (Lipinski definition) is 3. The first kappa shape index (κ1) is 14.2. The van der Waals surface area contributed by atoms with E-state index in [0.717, 1.165) is 13.0 Å².